The van der Waals surface area contributed by atoms with Crippen LogP contribution in [0.5, 0.6) is 11.5 Å². The number of para-hydroxylation sites is 1. The number of benzene rings is 2. The van der Waals surface area contributed by atoms with E-state index < -0.39 is 5.63 Å². The van der Waals surface area contributed by atoms with E-state index in [0.717, 1.165) is 16.5 Å². The van der Waals surface area contributed by atoms with Crippen LogP contribution < -0.4 is 10.4 Å². The van der Waals surface area contributed by atoms with Crippen LogP contribution in [0, 0.1) is 0 Å². The van der Waals surface area contributed by atoms with Crippen LogP contribution in [-0.4, -0.2) is 19.9 Å². The molecule has 4 aromatic rings. The van der Waals surface area contributed by atoms with Gasteiger partial charge in [-0.25, -0.2) is 4.79 Å². The van der Waals surface area contributed by atoms with Crippen molar-refractivity contribution < 1.29 is 14.3 Å². The third-order valence-electron chi connectivity index (χ3n) is 4.89. The van der Waals surface area contributed by atoms with E-state index in [-0.39, 0.29) is 12.4 Å². The molecular weight excluding hydrogens is 438 g/mol. The molecule has 2 aromatic heterocycles. The van der Waals surface area contributed by atoms with Gasteiger partial charge in [0.25, 0.3) is 0 Å². The van der Waals surface area contributed by atoms with Crippen molar-refractivity contribution in [3.05, 3.63) is 74.9 Å². The number of phenolic OH excluding ortho intramolecular Hbond substituents is 1. The standard InChI is InChI=1S/C22H20ClN3O4S/c1-3-13-8-15-14(9-21(28)30-19(15)10-17(13)27)12-31-22-25-24-20(26(22)2)11-29-18-7-5-4-6-16(18)23/h4-10,27H,3,11-12H2,1-2H3. The van der Waals surface area contributed by atoms with E-state index in [2.05, 4.69) is 10.2 Å². The molecule has 0 unspecified atom stereocenters. The van der Waals surface area contributed by atoms with Crippen LogP contribution in [0.4, 0.5) is 0 Å². The van der Waals surface area contributed by atoms with Crippen LogP contribution in [0.3, 0.4) is 0 Å². The van der Waals surface area contributed by atoms with Gasteiger partial charge in [0.1, 0.15) is 23.7 Å². The van der Waals surface area contributed by atoms with Crippen LogP contribution in [0.15, 0.2) is 56.8 Å². The predicted molar refractivity (Wildman–Crippen MR) is 120 cm³/mol. The fourth-order valence-corrected chi connectivity index (χ4v) is 4.26. The van der Waals surface area contributed by atoms with Gasteiger partial charge < -0.3 is 18.8 Å². The van der Waals surface area contributed by atoms with Gasteiger partial charge in [0.15, 0.2) is 11.0 Å². The molecular formula is C22H20ClN3O4S. The number of phenols is 1. The normalized spacial score (nSPS) is 11.2. The molecule has 0 saturated heterocycles. The molecule has 9 heteroatoms. The Kier molecular flexibility index (Phi) is 6.20. The second-order valence-corrected chi connectivity index (χ2v) is 8.24. The molecule has 2 aromatic carbocycles. The molecule has 0 bridgehead atoms. The van der Waals surface area contributed by atoms with E-state index in [0.29, 0.717) is 39.5 Å². The van der Waals surface area contributed by atoms with Crippen molar-refractivity contribution in [2.45, 2.75) is 30.9 Å². The number of rotatable bonds is 7. The lowest BCUT2D eigenvalue weighted by atomic mass is 10.1. The van der Waals surface area contributed by atoms with Crippen molar-refractivity contribution in [3.8, 4) is 11.5 Å². The zero-order valence-corrected chi connectivity index (χ0v) is 18.5. The Hall–Kier alpha value is -2.97. The molecule has 0 aliphatic heterocycles. The predicted octanol–water partition coefficient (Wildman–Crippen LogP) is 4.71. The monoisotopic (exact) mass is 457 g/mol. The molecule has 7 nitrogen and oxygen atoms in total. The first-order valence-corrected chi connectivity index (χ1v) is 11.0. The highest BCUT2D eigenvalue weighted by molar-refractivity contribution is 7.98. The van der Waals surface area contributed by atoms with Gasteiger partial charge in [-0.05, 0) is 35.7 Å². The second-order valence-electron chi connectivity index (χ2n) is 6.89. The molecule has 0 atom stereocenters. The summed E-state index contributed by atoms with van der Waals surface area (Å²) in [6.07, 6.45) is 0.672. The summed E-state index contributed by atoms with van der Waals surface area (Å²) in [6.45, 7) is 2.19. The van der Waals surface area contributed by atoms with Gasteiger partial charge >= 0.3 is 5.63 Å². The molecule has 1 N–H and O–H groups in total. The number of hydrogen-bond donors (Lipinski definition) is 1. The lowest BCUT2D eigenvalue weighted by molar-refractivity contribution is 0.290. The fraction of sp³-hybridized carbons (Fsp3) is 0.227. The van der Waals surface area contributed by atoms with Crippen LogP contribution in [0.2, 0.25) is 5.02 Å². The van der Waals surface area contributed by atoms with Crippen molar-refractivity contribution in [2.24, 2.45) is 7.05 Å². The molecule has 0 aliphatic rings. The number of thioether (sulfide) groups is 1. The average Bonchev–Trinajstić information content (AvgIpc) is 3.10. The summed E-state index contributed by atoms with van der Waals surface area (Å²) in [5, 5.41) is 20.5. The zero-order valence-electron chi connectivity index (χ0n) is 17.0. The highest BCUT2D eigenvalue weighted by atomic mass is 35.5. The molecule has 160 valence electrons. The van der Waals surface area contributed by atoms with Crippen LogP contribution in [-0.2, 0) is 25.8 Å². The Morgan fingerprint density at radius 2 is 2.00 bits per heavy atom. The summed E-state index contributed by atoms with van der Waals surface area (Å²) in [5.41, 5.74) is 1.51. The maximum absolute atomic E-state index is 12.0. The van der Waals surface area contributed by atoms with Crippen LogP contribution in [0.1, 0.15) is 23.9 Å². The number of aromatic nitrogens is 3. The Morgan fingerprint density at radius 1 is 1.19 bits per heavy atom. The zero-order chi connectivity index (χ0) is 22.0. The lowest BCUT2D eigenvalue weighted by Crippen LogP contribution is -2.05. The van der Waals surface area contributed by atoms with Gasteiger partial charge in [-0.2, -0.15) is 0 Å². The first kappa shape index (κ1) is 21.3. The minimum absolute atomic E-state index is 0.124. The number of halogens is 1. The number of aromatic hydroxyl groups is 1. The SMILES string of the molecule is CCc1cc2c(CSc3nnc(COc4ccccc4Cl)n3C)cc(=O)oc2cc1O. The molecule has 2 heterocycles. The lowest BCUT2D eigenvalue weighted by Gasteiger charge is -2.09. The van der Waals surface area contributed by atoms with Crippen LogP contribution >= 0.6 is 23.4 Å². The highest BCUT2D eigenvalue weighted by Gasteiger charge is 2.14. The van der Waals surface area contributed by atoms with E-state index >= 15 is 0 Å². The number of ether oxygens (including phenoxy) is 1. The van der Waals surface area contributed by atoms with E-state index in [4.69, 9.17) is 20.8 Å². The Bertz CT molecular complexity index is 1300. The maximum atomic E-state index is 12.0. The molecule has 0 amide bonds. The van der Waals surface area contributed by atoms with E-state index in [9.17, 15) is 9.90 Å². The third kappa shape index (κ3) is 4.55. The van der Waals surface area contributed by atoms with Gasteiger partial charge in [-0.1, -0.05) is 42.4 Å². The van der Waals surface area contributed by atoms with Gasteiger partial charge in [0.2, 0.25) is 0 Å². The van der Waals surface area contributed by atoms with Crippen molar-refractivity contribution in [2.75, 3.05) is 0 Å². The molecule has 0 fully saturated rings. The topological polar surface area (TPSA) is 90.4 Å². The van der Waals surface area contributed by atoms with Crippen LogP contribution in [0.25, 0.3) is 11.0 Å². The van der Waals surface area contributed by atoms with Crippen molar-refractivity contribution >= 4 is 34.3 Å². The summed E-state index contributed by atoms with van der Waals surface area (Å²) < 4.78 is 12.9. The van der Waals surface area contributed by atoms with Crippen molar-refractivity contribution in [1.29, 1.82) is 0 Å². The smallest absolute Gasteiger partial charge is 0.336 e. The summed E-state index contributed by atoms with van der Waals surface area (Å²) in [7, 11) is 1.86. The first-order valence-electron chi connectivity index (χ1n) is 9.63. The van der Waals surface area contributed by atoms with E-state index in [1.54, 1.807) is 12.1 Å². The van der Waals surface area contributed by atoms with Crippen molar-refractivity contribution in [1.82, 2.24) is 14.8 Å². The van der Waals surface area contributed by atoms with Crippen molar-refractivity contribution in [3.63, 3.8) is 0 Å². The molecule has 0 saturated carbocycles. The molecule has 0 spiro atoms. The Balaban J connectivity index is 1.53. The average molecular weight is 458 g/mol. The van der Waals surface area contributed by atoms with Gasteiger partial charge in [-0.3, -0.25) is 0 Å². The van der Waals surface area contributed by atoms with Gasteiger partial charge in [-0.15, -0.1) is 10.2 Å². The summed E-state index contributed by atoms with van der Waals surface area (Å²) in [5.74, 6) is 1.85. The Morgan fingerprint density at radius 3 is 2.77 bits per heavy atom. The highest BCUT2D eigenvalue weighted by Crippen LogP contribution is 2.30. The molecule has 4 rings (SSSR count). The maximum Gasteiger partial charge on any atom is 0.336 e. The quantitative estimate of drug-likeness (QED) is 0.317. The third-order valence-corrected chi connectivity index (χ3v) is 6.27. The second kappa shape index (κ2) is 9.03. The van der Waals surface area contributed by atoms with Gasteiger partial charge in [0, 0.05) is 30.3 Å². The fourth-order valence-electron chi connectivity index (χ4n) is 3.15. The molecule has 0 aliphatic carbocycles. The molecule has 0 radical (unpaired) electrons. The molecule has 31 heavy (non-hydrogen) atoms. The van der Waals surface area contributed by atoms with E-state index in [1.165, 1.54) is 23.9 Å². The van der Waals surface area contributed by atoms with E-state index in [1.807, 2.05) is 36.7 Å². The summed E-state index contributed by atoms with van der Waals surface area (Å²) in [4.78, 5) is 12.0. The number of aryl methyl sites for hydroxylation is 1. The largest absolute Gasteiger partial charge is 0.508 e. The first-order chi connectivity index (χ1) is 15.0. The number of nitrogens with zero attached hydrogens (tertiary/aromatic N) is 3. The summed E-state index contributed by atoms with van der Waals surface area (Å²) >= 11 is 7.58. The minimum atomic E-state index is -0.460. The number of hydrogen-bond acceptors (Lipinski definition) is 7. The number of fused-ring (bicyclic) bond motifs is 1. The minimum Gasteiger partial charge on any atom is -0.508 e. The summed E-state index contributed by atoms with van der Waals surface area (Å²) in [6, 6.07) is 12.1. The Labute approximate surface area is 187 Å². The van der Waals surface area contributed by atoms with Gasteiger partial charge in [0.05, 0.1) is 5.02 Å².